The van der Waals surface area contributed by atoms with Gasteiger partial charge in [0.15, 0.2) is 0 Å². The van der Waals surface area contributed by atoms with E-state index in [2.05, 4.69) is 71.4 Å². The van der Waals surface area contributed by atoms with Gasteiger partial charge in [0.25, 0.3) is 0 Å². The monoisotopic (exact) mass is 345 g/mol. The van der Waals surface area contributed by atoms with Crippen molar-refractivity contribution in [1.82, 2.24) is 0 Å². The van der Waals surface area contributed by atoms with Crippen LogP contribution >= 0.6 is 27.3 Å². The summed E-state index contributed by atoms with van der Waals surface area (Å²) in [5.74, 6) is 0. The first-order valence-corrected chi connectivity index (χ1v) is 8.33. The summed E-state index contributed by atoms with van der Waals surface area (Å²) in [5, 5.41) is 2.52. The topological polar surface area (TPSA) is 26.0 Å². The van der Waals surface area contributed by atoms with Crippen molar-refractivity contribution in [3.05, 3.63) is 57.9 Å². The van der Waals surface area contributed by atoms with Crippen LogP contribution in [0.3, 0.4) is 0 Å². The summed E-state index contributed by atoms with van der Waals surface area (Å²) in [6.45, 7) is 2.12. The van der Waals surface area contributed by atoms with E-state index < -0.39 is 0 Å². The third-order valence-corrected chi connectivity index (χ3v) is 5.28. The first kappa shape index (κ1) is 13.8. The summed E-state index contributed by atoms with van der Waals surface area (Å²) >= 11 is 5.31. The zero-order valence-electron chi connectivity index (χ0n) is 11.3. The Hall–Kier alpha value is -1.16. The van der Waals surface area contributed by atoms with Gasteiger partial charge in [-0.25, -0.2) is 0 Å². The molecule has 2 N–H and O–H groups in total. The van der Waals surface area contributed by atoms with E-state index in [1.807, 2.05) is 0 Å². The maximum absolute atomic E-state index is 6.10. The van der Waals surface area contributed by atoms with E-state index in [1.165, 1.54) is 26.1 Å². The molecule has 1 unspecified atom stereocenters. The Kier molecular flexibility index (Phi) is 3.92. The number of thiophene rings is 1. The van der Waals surface area contributed by atoms with Gasteiger partial charge in [-0.1, -0.05) is 41.1 Å². The first-order valence-electron chi connectivity index (χ1n) is 6.72. The van der Waals surface area contributed by atoms with Crippen LogP contribution in [0.4, 0.5) is 0 Å². The fraction of sp³-hybridized carbons (Fsp3) is 0.176. The summed E-state index contributed by atoms with van der Waals surface area (Å²) in [5.41, 5.74) is 7.36. The van der Waals surface area contributed by atoms with Crippen molar-refractivity contribution in [2.75, 3.05) is 0 Å². The molecule has 0 spiro atoms. The molecule has 0 saturated heterocycles. The lowest BCUT2D eigenvalue weighted by Crippen LogP contribution is -2.05. The Morgan fingerprint density at radius 2 is 1.80 bits per heavy atom. The van der Waals surface area contributed by atoms with E-state index in [0.717, 1.165) is 10.9 Å². The van der Waals surface area contributed by atoms with Gasteiger partial charge in [-0.05, 0) is 53.1 Å². The second-order valence-electron chi connectivity index (χ2n) is 4.92. The summed E-state index contributed by atoms with van der Waals surface area (Å²) in [7, 11) is 0. The number of hydrogen-bond acceptors (Lipinski definition) is 2. The van der Waals surface area contributed by atoms with Crippen molar-refractivity contribution in [3.63, 3.8) is 0 Å². The highest BCUT2D eigenvalue weighted by Crippen LogP contribution is 2.33. The number of benzene rings is 2. The zero-order valence-corrected chi connectivity index (χ0v) is 13.7. The molecule has 1 atom stereocenters. The molecule has 102 valence electrons. The Morgan fingerprint density at radius 3 is 2.60 bits per heavy atom. The van der Waals surface area contributed by atoms with E-state index in [0.29, 0.717) is 0 Å². The number of hydrogen-bond donors (Lipinski definition) is 1. The molecule has 0 bridgehead atoms. The summed E-state index contributed by atoms with van der Waals surface area (Å²) < 4.78 is 1.12. The maximum Gasteiger partial charge on any atom is 0.0387 e. The molecule has 0 fully saturated rings. The highest BCUT2D eigenvalue weighted by molar-refractivity contribution is 9.10. The highest BCUT2D eigenvalue weighted by Gasteiger charge is 2.08. The number of halogens is 1. The second-order valence-corrected chi connectivity index (χ2v) is 6.95. The van der Waals surface area contributed by atoms with Gasteiger partial charge >= 0.3 is 0 Å². The third kappa shape index (κ3) is 2.66. The van der Waals surface area contributed by atoms with E-state index in [1.54, 1.807) is 11.3 Å². The molecule has 0 aliphatic rings. The van der Waals surface area contributed by atoms with Gasteiger partial charge in [0.2, 0.25) is 0 Å². The van der Waals surface area contributed by atoms with Crippen molar-refractivity contribution < 1.29 is 0 Å². The molecule has 2 aromatic carbocycles. The molecule has 3 aromatic rings. The minimum absolute atomic E-state index is 0.158. The van der Waals surface area contributed by atoms with Gasteiger partial charge in [-0.3, -0.25) is 0 Å². The number of nitrogens with two attached hydrogens (primary N) is 1. The molecule has 3 heteroatoms. The van der Waals surface area contributed by atoms with Gasteiger partial charge in [0, 0.05) is 20.3 Å². The summed E-state index contributed by atoms with van der Waals surface area (Å²) in [4.78, 5) is 2.55. The van der Waals surface area contributed by atoms with Crippen LogP contribution in [0.15, 0.2) is 53.0 Å². The average Bonchev–Trinajstić information content (AvgIpc) is 2.95. The standard InChI is InChI=1S/C17H16BrNS/c1-2-15(19)17-8-7-16(20-17)13-4-3-12-10-14(18)6-5-11(12)9-13/h3-10,15H,2,19H2,1H3. The lowest BCUT2D eigenvalue weighted by atomic mass is 10.1. The minimum Gasteiger partial charge on any atom is -0.323 e. The maximum atomic E-state index is 6.10. The average molecular weight is 346 g/mol. The fourth-order valence-electron chi connectivity index (χ4n) is 2.28. The van der Waals surface area contributed by atoms with Gasteiger partial charge in [-0.15, -0.1) is 11.3 Å². The second kappa shape index (κ2) is 5.68. The molecule has 0 aliphatic carbocycles. The zero-order chi connectivity index (χ0) is 14.1. The molecule has 0 saturated carbocycles. The highest BCUT2D eigenvalue weighted by atomic mass is 79.9. The molecule has 20 heavy (non-hydrogen) atoms. The van der Waals surface area contributed by atoms with Crippen molar-refractivity contribution in [2.45, 2.75) is 19.4 Å². The SMILES string of the molecule is CCC(N)c1ccc(-c2ccc3cc(Br)ccc3c2)s1. The van der Waals surface area contributed by atoms with Gasteiger partial charge in [-0.2, -0.15) is 0 Å². The molecule has 1 heterocycles. The lowest BCUT2D eigenvalue weighted by molar-refractivity contribution is 0.712. The Balaban J connectivity index is 2.01. The molecular weight excluding hydrogens is 330 g/mol. The quantitative estimate of drug-likeness (QED) is 0.643. The Bertz CT molecular complexity index is 748. The molecule has 1 aromatic heterocycles. The van der Waals surface area contributed by atoms with Crippen LogP contribution < -0.4 is 5.73 Å². The predicted molar refractivity (Wildman–Crippen MR) is 92.2 cm³/mol. The van der Waals surface area contributed by atoms with Crippen LogP contribution in [-0.2, 0) is 0 Å². The van der Waals surface area contributed by atoms with E-state index in [-0.39, 0.29) is 6.04 Å². The van der Waals surface area contributed by atoms with E-state index in [9.17, 15) is 0 Å². The van der Waals surface area contributed by atoms with Crippen molar-refractivity contribution in [2.24, 2.45) is 5.73 Å². The lowest BCUT2D eigenvalue weighted by Gasteiger charge is -2.05. The van der Waals surface area contributed by atoms with Crippen molar-refractivity contribution in [3.8, 4) is 10.4 Å². The molecule has 1 nitrogen and oxygen atoms in total. The van der Waals surface area contributed by atoms with E-state index in [4.69, 9.17) is 5.73 Å². The minimum atomic E-state index is 0.158. The van der Waals surface area contributed by atoms with Gasteiger partial charge in [0.1, 0.15) is 0 Å². The van der Waals surface area contributed by atoms with Crippen molar-refractivity contribution in [1.29, 1.82) is 0 Å². The summed E-state index contributed by atoms with van der Waals surface area (Å²) in [6.07, 6.45) is 0.978. The van der Waals surface area contributed by atoms with Crippen LogP contribution in [-0.4, -0.2) is 0 Å². The van der Waals surface area contributed by atoms with Crippen LogP contribution in [0.25, 0.3) is 21.2 Å². The Labute approximate surface area is 131 Å². The van der Waals surface area contributed by atoms with E-state index >= 15 is 0 Å². The van der Waals surface area contributed by atoms with Crippen molar-refractivity contribution >= 4 is 38.0 Å². The number of rotatable bonds is 3. The van der Waals surface area contributed by atoms with Crippen LogP contribution in [0.2, 0.25) is 0 Å². The first-order chi connectivity index (χ1) is 9.67. The van der Waals surface area contributed by atoms with Gasteiger partial charge < -0.3 is 5.73 Å². The third-order valence-electron chi connectivity index (χ3n) is 3.52. The van der Waals surface area contributed by atoms with Crippen LogP contribution in [0.1, 0.15) is 24.3 Å². The van der Waals surface area contributed by atoms with Gasteiger partial charge in [0.05, 0.1) is 0 Å². The summed E-state index contributed by atoms with van der Waals surface area (Å²) in [6, 6.07) is 17.5. The molecule has 0 aliphatic heterocycles. The van der Waals surface area contributed by atoms with Crippen LogP contribution in [0, 0.1) is 0 Å². The fourth-order valence-corrected chi connectivity index (χ4v) is 3.75. The molecule has 3 rings (SSSR count). The molecular formula is C17H16BrNS. The largest absolute Gasteiger partial charge is 0.323 e. The van der Waals surface area contributed by atoms with Crippen LogP contribution in [0.5, 0.6) is 0 Å². The molecule has 0 radical (unpaired) electrons. The molecule has 0 amide bonds. The predicted octanol–water partition coefficient (Wildman–Crippen LogP) is 5.74. The normalized spacial score (nSPS) is 12.8. The number of fused-ring (bicyclic) bond motifs is 1. The Morgan fingerprint density at radius 1 is 1.05 bits per heavy atom. The smallest absolute Gasteiger partial charge is 0.0387 e.